The first-order chi connectivity index (χ1) is 17.0. The number of nitrogens with zero attached hydrogens (tertiary/aromatic N) is 1. The molecule has 0 saturated carbocycles. The first-order valence-corrected chi connectivity index (χ1v) is 12.9. The van der Waals surface area contributed by atoms with Gasteiger partial charge in [-0.3, -0.25) is 4.79 Å². The van der Waals surface area contributed by atoms with E-state index in [-0.39, 0.29) is 24.5 Å². The van der Waals surface area contributed by atoms with Gasteiger partial charge >= 0.3 is 18.0 Å². The Bertz CT molecular complexity index is 928. The van der Waals surface area contributed by atoms with Crippen molar-refractivity contribution < 1.29 is 28.6 Å². The Balaban J connectivity index is 1.62. The van der Waals surface area contributed by atoms with Gasteiger partial charge in [-0.15, -0.1) is 0 Å². The van der Waals surface area contributed by atoms with Crippen LogP contribution in [0.1, 0.15) is 58.9 Å². The number of carbonyl (C=O) groups is 3. The monoisotopic (exact) mass is 503 g/mol. The third kappa shape index (κ3) is 7.12. The van der Waals surface area contributed by atoms with Crippen molar-refractivity contribution in [3.8, 4) is 5.75 Å². The van der Waals surface area contributed by atoms with Crippen LogP contribution in [0.25, 0.3) is 0 Å². The summed E-state index contributed by atoms with van der Waals surface area (Å²) in [4.78, 5) is 39.8. The van der Waals surface area contributed by atoms with Crippen molar-refractivity contribution in [3.05, 3.63) is 23.8 Å². The van der Waals surface area contributed by atoms with E-state index < -0.39 is 17.0 Å². The van der Waals surface area contributed by atoms with Gasteiger partial charge in [-0.25, -0.2) is 9.59 Å². The van der Waals surface area contributed by atoms with Crippen LogP contribution < -0.4 is 15.4 Å². The van der Waals surface area contributed by atoms with Crippen LogP contribution >= 0.6 is 0 Å². The van der Waals surface area contributed by atoms with Crippen LogP contribution in [-0.4, -0.2) is 67.9 Å². The SMILES string of the molecule is CCOC(=O)COc1ccc(NC(=O)N2CCC(C(=O)OC(C)(C)C)(C3CCNCC3)CC2)c(C)c1. The number of hydrogen-bond donors (Lipinski definition) is 2. The van der Waals surface area contributed by atoms with Crippen molar-refractivity contribution in [2.75, 3.05) is 44.7 Å². The molecule has 0 atom stereocenters. The highest BCUT2D eigenvalue weighted by Gasteiger charge is 2.50. The number of esters is 2. The summed E-state index contributed by atoms with van der Waals surface area (Å²) < 4.78 is 16.2. The summed E-state index contributed by atoms with van der Waals surface area (Å²) in [5.74, 6) is 0.227. The van der Waals surface area contributed by atoms with Gasteiger partial charge in [-0.05, 0) is 103 Å². The number of urea groups is 1. The summed E-state index contributed by atoms with van der Waals surface area (Å²) in [6, 6.07) is 5.05. The number of anilines is 1. The summed E-state index contributed by atoms with van der Waals surface area (Å²) in [5, 5.41) is 6.36. The van der Waals surface area contributed by atoms with Gasteiger partial charge in [-0.1, -0.05) is 0 Å². The van der Waals surface area contributed by atoms with Crippen LogP contribution in [-0.2, 0) is 19.1 Å². The van der Waals surface area contributed by atoms with Crippen molar-refractivity contribution in [2.45, 2.75) is 65.9 Å². The molecule has 36 heavy (non-hydrogen) atoms. The molecule has 2 saturated heterocycles. The smallest absolute Gasteiger partial charge is 0.344 e. The van der Waals surface area contributed by atoms with Crippen LogP contribution in [0.5, 0.6) is 5.75 Å². The average molecular weight is 504 g/mol. The van der Waals surface area contributed by atoms with Gasteiger partial charge in [0.25, 0.3) is 0 Å². The molecule has 2 aliphatic heterocycles. The van der Waals surface area contributed by atoms with E-state index in [1.807, 2.05) is 27.7 Å². The molecule has 2 N–H and O–H groups in total. The molecule has 200 valence electrons. The third-order valence-electron chi connectivity index (χ3n) is 6.97. The lowest BCUT2D eigenvalue weighted by Gasteiger charge is -2.46. The van der Waals surface area contributed by atoms with Crippen molar-refractivity contribution in [3.63, 3.8) is 0 Å². The molecule has 0 aromatic heterocycles. The lowest BCUT2D eigenvalue weighted by Crippen LogP contribution is -2.54. The number of aryl methyl sites for hydroxylation is 1. The fourth-order valence-electron chi connectivity index (χ4n) is 5.05. The van der Waals surface area contributed by atoms with Gasteiger partial charge in [0.2, 0.25) is 0 Å². The second-order valence-electron chi connectivity index (χ2n) is 10.7. The van der Waals surface area contributed by atoms with Crippen LogP contribution in [0.4, 0.5) is 10.5 Å². The number of carbonyl (C=O) groups excluding carboxylic acids is 3. The Morgan fingerprint density at radius 3 is 2.39 bits per heavy atom. The molecule has 0 unspecified atom stereocenters. The van der Waals surface area contributed by atoms with Crippen LogP contribution in [0.15, 0.2) is 18.2 Å². The maximum Gasteiger partial charge on any atom is 0.344 e. The lowest BCUT2D eigenvalue weighted by atomic mass is 9.65. The first-order valence-electron chi connectivity index (χ1n) is 12.9. The van der Waals surface area contributed by atoms with Gasteiger partial charge in [0.05, 0.1) is 12.0 Å². The Morgan fingerprint density at radius 1 is 1.14 bits per heavy atom. The minimum Gasteiger partial charge on any atom is -0.482 e. The van der Waals surface area contributed by atoms with Crippen LogP contribution in [0.2, 0.25) is 0 Å². The van der Waals surface area contributed by atoms with E-state index in [1.54, 1.807) is 30.0 Å². The summed E-state index contributed by atoms with van der Waals surface area (Å²) in [5.41, 5.74) is 0.389. The summed E-state index contributed by atoms with van der Waals surface area (Å²) >= 11 is 0. The number of ether oxygens (including phenoxy) is 3. The molecule has 0 spiro atoms. The molecular formula is C27H41N3O6. The highest BCUT2D eigenvalue weighted by molar-refractivity contribution is 5.90. The van der Waals surface area contributed by atoms with Crippen molar-refractivity contribution >= 4 is 23.7 Å². The van der Waals surface area contributed by atoms with E-state index in [0.29, 0.717) is 44.0 Å². The number of benzene rings is 1. The topological polar surface area (TPSA) is 106 Å². The zero-order valence-electron chi connectivity index (χ0n) is 22.3. The summed E-state index contributed by atoms with van der Waals surface area (Å²) in [6.45, 7) is 12.3. The second kappa shape index (κ2) is 12.0. The molecule has 1 aromatic carbocycles. The molecule has 1 aromatic rings. The lowest BCUT2D eigenvalue weighted by molar-refractivity contribution is -0.176. The molecule has 2 aliphatic rings. The molecule has 9 heteroatoms. The minimum absolute atomic E-state index is 0.129. The van der Waals surface area contributed by atoms with E-state index in [9.17, 15) is 14.4 Å². The normalized spacial score (nSPS) is 18.3. The molecule has 0 radical (unpaired) electrons. The van der Waals surface area contributed by atoms with E-state index in [4.69, 9.17) is 14.2 Å². The number of rotatable bonds is 7. The zero-order valence-corrected chi connectivity index (χ0v) is 22.3. The fourth-order valence-corrected chi connectivity index (χ4v) is 5.05. The average Bonchev–Trinajstić information content (AvgIpc) is 2.84. The quantitative estimate of drug-likeness (QED) is 0.544. The molecule has 2 fully saturated rings. The zero-order chi connectivity index (χ0) is 26.3. The van der Waals surface area contributed by atoms with E-state index in [0.717, 1.165) is 31.5 Å². The Labute approximate surface area is 214 Å². The molecule has 2 heterocycles. The van der Waals surface area contributed by atoms with E-state index >= 15 is 0 Å². The van der Waals surface area contributed by atoms with Gasteiger partial charge in [0.15, 0.2) is 6.61 Å². The van der Waals surface area contributed by atoms with Gasteiger partial charge in [-0.2, -0.15) is 0 Å². The highest BCUT2D eigenvalue weighted by Crippen LogP contribution is 2.45. The standard InChI is InChI=1S/C27H41N3O6/c1-6-34-23(31)18-35-21-7-8-22(19(2)17-21)29-25(33)30-15-11-27(12-16-30,20-9-13-28-14-10-20)24(32)36-26(3,4)5/h7-8,17,20,28H,6,9-16,18H2,1-5H3,(H,29,33). The predicted molar refractivity (Wildman–Crippen MR) is 137 cm³/mol. The second-order valence-corrected chi connectivity index (χ2v) is 10.7. The van der Waals surface area contributed by atoms with Crippen molar-refractivity contribution in [1.29, 1.82) is 0 Å². The van der Waals surface area contributed by atoms with Crippen LogP contribution in [0, 0.1) is 18.3 Å². The number of amides is 2. The van der Waals surface area contributed by atoms with Gasteiger partial charge in [0, 0.05) is 18.8 Å². The number of likely N-dealkylation sites (tertiary alicyclic amines) is 1. The molecule has 0 aliphatic carbocycles. The Morgan fingerprint density at radius 2 is 1.81 bits per heavy atom. The Kier molecular flexibility index (Phi) is 9.22. The summed E-state index contributed by atoms with van der Waals surface area (Å²) in [7, 11) is 0. The van der Waals surface area contributed by atoms with Gasteiger partial charge in [0.1, 0.15) is 11.4 Å². The maximum absolute atomic E-state index is 13.4. The van der Waals surface area contributed by atoms with Crippen LogP contribution in [0.3, 0.4) is 0 Å². The fraction of sp³-hybridized carbons (Fsp3) is 0.667. The first kappa shape index (κ1) is 27.8. The van der Waals surface area contributed by atoms with E-state index in [2.05, 4.69) is 10.6 Å². The maximum atomic E-state index is 13.4. The van der Waals surface area contributed by atoms with Gasteiger partial charge < -0.3 is 29.7 Å². The summed E-state index contributed by atoms with van der Waals surface area (Å²) in [6.07, 6.45) is 3.07. The number of hydrogen-bond acceptors (Lipinski definition) is 7. The molecule has 9 nitrogen and oxygen atoms in total. The van der Waals surface area contributed by atoms with Crippen molar-refractivity contribution in [2.24, 2.45) is 11.3 Å². The Hall–Kier alpha value is -2.81. The number of piperidine rings is 2. The largest absolute Gasteiger partial charge is 0.482 e. The number of nitrogens with one attached hydrogen (secondary N) is 2. The molecule has 2 amide bonds. The van der Waals surface area contributed by atoms with E-state index in [1.165, 1.54) is 0 Å². The minimum atomic E-state index is -0.556. The predicted octanol–water partition coefficient (Wildman–Crippen LogP) is 3.89. The third-order valence-corrected chi connectivity index (χ3v) is 6.97. The molecule has 3 rings (SSSR count). The molecule has 0 bridgehead atoms. The molecular weight excluding hydrogens is 462 g/mol. The highest BCUT2D eigenvalue weighted by atomic mass is 16.6. The van der Waals surface area contributed by atoms with Crippen molar-refractivity contribution in [1.82, 2.24) is 10.2 Å².